The predicted octanol–water partition coefficient (Wildman–Crippen LogP) is 4.16. The number of aromatic nitrogens is 2. The van der Waals surface area contributed by atoms with E-state index in [0.717, 1.165) is 35.5 Å². The van der Waals surface area contributed by atoms with Gasteiger partial charge in [-0.3, -0.25) is 9.97 Å². The zero-order valence-electron chi connectivity index (χ0n) is 12.5. The maximum atomic E-state index is 4.34. The molecule has 3 heteroatoms. The normalized spacial score (nSPS) is 14.2. The third-order valence-corrected chi connectivity index (χ3v) is 4.30. The van der Waals surface area contributed by atoms with Crippen molar-refractivity contribution in [1.29, 1.82) is 0 Å². The van der Waals surface area contributed by atoms with Gasteiger partial charge in [0.25, 0.3) is 0 Å². The van der Waals surface area contributed by atoms with Gasteiger partial charge in [0.2, 0.25) is 0 Å². The first-order chi connectivity index (χ1) is 10.9. The van der Waals surface area contributed by atoms with Crippen molar-refractivity contribution in [1.82, 2.24) is 9.97 Å². The van der Waals surface area contributed by atoms with Crippen LogP contribution in [0.1, 0.15) is 29.9 Å². The third-order valence-electron chi connectivity index (χ3n) is 4.30. The van der Waals surface area contributed by atoms with Crippen LogP contribution in [0.3, 0.4) is 0 Å². The second-order valence-corrected chi connectivity index (χ2v) is 5.94. The van der Waals surface area contributed by atoms with Crippen LogP contribution in [0.25, 0.3) is 10.9 Å². The van der Waals surface area contributed by atoms with Crippen LogP contribution in [0.15, 0.2) is 55.0 Å². The third kappa shape index (κ3) is 2.80. The minimum Gasteiger partial charge on any atom is -0.384 e. The highest BCUT2D eigenvalue weighted by atomic mass is 14.9. The fourth-order valence-corrected chi connectivity index (χ4v) is 2.87. The molecule has 0 bridgehead atoms. The Labute approximate surface area is 130 Å². The topological polar surface area (TPSA) is 37.8 Å². The molecule has 0 unspecified atom stereocenters. The minimum atomic E-state index is 0.837. The molecule has 4 rings (SSSR count). The monoisotopic (exact) mass is 289 g/mol. The SMILES string of the molecule is c1cc2c(NCCc3ccc(C4CC4)cc3)ccnc2cn1. The van der Waals surface area contributed by atoms with Crippen molar-refractivity contribution >= 4 is 16.6 Å². The van der Waals surface area contributed by atoms with Crippen molar-refractivity contribution in [3.8, 4) is 0 Å². The molecule has 1 N–H and O–H groups in total. The number of nitrogens with one attached hydrogen (secondary N) is 1. The molecule has 3 nitrogen and oxygen atoms in total. The Kier molecular flexibility index (Phi) is 3.47. The molecule has 0 amide bonds. The summed E-state index contributed by atoms with van der Waals surface area (Å²) in [5.41, 5.74) is 4.95. The van der Waals surface area contributed by atoms with Crippen LogP contribution in [0.5, 0.6) is 0 Å². The molecule has 0 atom stereocenters. The molecule has 0 saturated heterocycles. The van der Waals surface area contributed by atoms with Gasteiger partial charge >= 0.3 is 0 Å². The zero-order valence-corrected chi connectivity index (χ0v) is 12.5. The molecule has 1 aliphatic carbocycles. The molecular weight excluding hydrogens is 270 g/mol. The molecule has 110 valence electrons. The van der Waals surface area contributed by atoms with Gasteiger partial charge in [-0.15, -0.1) is 0 Å². The number of hydrogen-bond donors (Lipinski definition) is 1. The second kappa shape index (κ2) is 5.76. The Balaban J connectivity index is 1.41. The van der Waals surface area contributed by atoms with Gasteiger partial charge in [-0.2, -0.15) is 0 Å². The number of benzene rings is 1. The molecule has 2 aromatic heterocycles. The van der Waals surface area contributed by atoms with Gasteiger partial charge in [0.05, 0.1) is 11.7 Å². The van der Waals surface area contributed by atoms with Gasteiger partial charge in [0, 0.05) is 30.0 Å². The van der Waals surface area contributed by atoms with Crippen molar-refractivity contribution in [2.45, 2.75) is 25.2 Å². The van der Waals surface area contributed by atoms with Crippen molar-refractivity contribution in [3.63, 3.8) is 0 Å². The first-order valence-corrected chi connectivity index (χ1v) is 7.91. The van der Waals surface area contributed by atoms with E-state index in [1.807, 2.05) is 24.5 Å². The van der Waals surface area contributed by atoms with E-state index in [0.29, 0.717) is 0 Å². The van der Waals surface area contributed by atoms with E-state index in [1.165, 1.54) is 24.0 Å². The van der Waals surface area contributed by atoms with Gasteiger partial charge in [0.15, 0.2) is 0 Å². The number of nitrogens with zero attached hydrogens (tertiary/aromatic N) is 2. The maximum Gasteiger partial charge on any atom is 0.0905 e. The molecule has 0 aliphatic heterocycles. The summed E-state index contributed by atoms with van der Waals surface area (Å²) in [5, 5.41) is 4.64. The lowest BCUT2D eigenvalue weighted by molar-refractivity contribution is 1.01. The fourth-order valence-electron chi connectivity index (χ4n) is 2.87. The van der Waals surface area contributed by atoms with Gasteiger partial charge in [-0.05, 0) is 48.4 Å². The van der Waals surface area contributed by atoms with Crippen LogP contribution in [0.4, 0.5) is 5.69 Å². The van der Waals surface area contributed by atoms with Gasteiger partial charge in [-0.1, -0.05) is 24.3 Å². The Hall–Kier alpha value is -2.42. The van der Waals surface area contributed by atoms with Crippen LogP contribution in [-0.2, 0) is 6.42 Å². The molecular formula is C19H19N3. The number of fused-ring (bicyclic) bond motifs is 1. The minimum absolute atomic E-state index is 0.837. The number of anilines is 1. The average molecular weight is 289 g/mol. The van der Waals surface area contributed by atoms with Crippen LogP contribution >= 0.6 is 0 Å². The molecule has 1 aromatic carbocycles. The summed E-state index contributed by atoms with van der Waals surface area (Å²) in [6, 6.07) is 13.2. The second-order valence-electron chi connectivity index (χ2n) is 5.94. The van der Waals surface area contributed by atoms with Gasteiger partial charge < -0.3 is 5.32 Å². The molecule has 0 radical (unpaired) electrons. The molecule has 1 saturated carbocycles. The van der Waals surface area contributed by atoms with Gasteiger partial charge in [-0.25, -0.2) is 0 Å². The lowest BCUT2D eigenvalue weighted by Gasteiger charge is -2.09. The summed E-state index contributed by atoms with van der Waals surface area (Å²) in [5.74, 6) is 0.837. The largest absolute Gasteiger partial charge is 0.384 e. The predicted molar refractivity (Wildman–Crippen MR) is 90.1 cm³/mol. The number of hydrogen-bond acceptors (Lipinski definition) is 3. The molecule has 1 aliphatic rings. The summed E-state index contributed by atoms with van der Waals surface area (Å²) in [4.78, 5) is 8.46. The molecule has 3 aromatic rings. The van der Waals surface area contributed by atoms with Crippen LogP contribution in [0, 0.1) is 0 Å². The zero-order chi connectivity index (χ0) is 14.8. The smallest absolute Gasteiger partial charge is 0.0905 e. The van der Waals surface area contributed by atoms with E-state index in [-0.39, 0.29) is 0 Å². The van der Waals surface area contributed by atoms with E-state index in [2.05, 4.69) is 39.6 Å². The molecule has 2 heterocycles. The highest BCUT2D eigenvalue weighted by molar-refractivity contribution is 5.90. The summed E-state index contributed by atoms with van der Waals surface area (Å²) in [6.45, 7) is 0.921. The standard InChI is InChI=1S/C19H19N3/c1-3-15(16-5-6-16)4-2-14(1)7-11-21-18-9-12-22-19-13-20-10-8-17(18)19/h1-4,8-10,12-13,16H,5-7,11H2,(H,21,22). The summed E-state index contributed by atoms with van der Waals surface area (Å²) >= 11 is 0. The highest BCUT2D eigenvalue weighted by Crippen LogP contribution is 2.39. The Morgan fingerprint density at radius 1 is 1.00 bits per heavy atom. The molecule has 0 spiro atoms. The van der Waals surface area contributed by atoms with E-state index >= 15 is 0 Å². The molecule has 1 fully saturated rings. The van der Waals surface area contributed by atoms with E-state index in [1.54, 1.807) is 6.20 Å². The number of rotatable bonds is 5. The van der Waals surface area contributed by atoms with Crippen molar-refractivity contribution in [3.05, 3.63) is 66.1 Å². The summed E-state index contributed by atoms with van der Waals surface area (Å²) in [6.07, 6.45) is 9.20. The van der Waals surface area contributed by atoms with Crippen LogP contribution < -0.4 is 5.32 Å². The molecule has 22 heavy (non-hydrogen) atoms. The van der Waals surface area contributed by atoms with Crippen LogP contribution in [0.2, 0.25) is 0 Å². The van der Waals surface area contributed by atoms with E-state index in [9.17, 15) is 0 Å². The number of pyridine rings is 2. The lowest BCUT2D eigenvalue weighted by Crippen LogP contribution is -2.05. The first-order valence-electron chi connectivity index (χ1n) is 7.91. The summed E-state index contributed by atoms with van der Waals surface area (Å²) < 4.78 is 0. The quantitative estimate of drug-likeness (QED) is 0.766. The first kappa shape index (κ1) is 13.3. The highest BCUT2D eigenvalue weighted by Gasteiger charge is 2.22. The van der Waals surface area contributed by atoms with Gasteiger partial charge in [0.1, 0.15) is 0 Å². The Bertz CT molecular complexity index is 771. The Morgan fingerprint density at radius 2 is 1.86 bits per heavy atom. The maximum absolute atomic E-state index is 4.34. The van der Waals surface area contributed by atoms with E-state index in [4.69, 9.17) is 0 Å². The summed E-state index contributed by atoms with van der Waals surface area (Å²) in [7, 11) is 0. The van der Waals surface area contributed by atoms with Crippen molar-refractivity contribution in [2.24, 2.45) is 0 Å². The Morgan fingerprint density at radius 3 is 2.68 bits per heavy atom. The van der Waals surface area contributed by atoms with Crippen LogP contribution in [-0.4, -0.2) is 16.5 Å². The van der Waals surface area contributed by atoms with Crippen molar-refractivity contribution < 1.29 is 0 Å². The average Bonchev–Trinajstić information content (AvgIpc) is 3.41. The lowest BCUT2D eigenvalue weighted by atomic mass is 10.1. The fraction of sp³-hybridized carbons (Fsp3) is 0.263. The van der Waals surface area contributed by atoms with Crippen molar-refractivity contribution in [2.75, 3.05) is 11.9 Å². The van der Waals surface area contributed by atoms with E-state index < -0.39 is 0 Å².